The number of hydrogen-bond donors (Lipinski definition) is 2. The van der Waals surface area contributed by atoms with Gasteiger partial charge in [0.15, 0.2) is 11.5 Å². The van der Waals surface area contributed by atoms with Crippen LogP contribution in [-0.4, -0.2) is 0 Å². The number of anilines is 2. The Labute approximate surface area is 211 Å². The lowest BCUT2D eigenvalue weighted by Gasteiger charge is -2.16. The standard InChI is InChI=1S/C18H8Cl8N2O2/c19-7-9(21)15(27)13(25)17(11(7)23)29-5-2-1-3-6(4-5)30-18-12(24)8(20)10(22)16(28)14(18)26/h1-4H,27-28H2. The van der Waals surface area contributed by atoms with E-state index >= 15 is 0 Å². The zero-order valence-electron chi connectivity index (χ0n) is 14.3. The highest BCUT2D eigenvalue weighted by atomic mass is 35.5. The van der Waals surface area contributed by atoms with Gasteiger partial charge < -0.3 is 20.9 Å². The Balaban J connectivity index is 1.99. The van der Waals surface area contributed by atoms with Crippen LogP contribution < -0.4 is 20.9 Å². The highest BCUT2D eigenvalue weighted by molar-refractivity contribution is 6.53. The molecule has 0 atom stereocenters. The maximum absolute atomic E-state index is 6.20. The number of hydrogen-bond acceptors (Lipinski definition) is 4. The molecule has 3 rings (SSSR count). The molecular formula is C18H8Cl8N2O2. The maximum atomic E-state index is 6.20. The van der Waals surface area contributed by atoms with E-state index in [4.69, 9.17) is 114 Å². The van der Waals surface area contributed by atoms with Gasteiger partial charge in [-0.05, 0) is 12.1 Å². The van der Waals surface area contributed by atoms with Crippen molar-refractivity contribution in [3.05, 3.63) is 64.4 Å². The third-order valence-electron chi connectivity index (χ3n) is 3.76. The van der Waals surface area contributed by atoms with Gasteiger partial charge in [0, 0.05) is 6.07 Å². The first-order valence-corrected chi connectivity index (χ1v) is 10.8. The minimum Gasteiger partial charge on any atom is -0.454 e. The van der Waals surface area contributed by atoms with Crippen LogP contribution in [0.2, 0.25) is 40.2 Å². The van der Waals surface area contributed by atoms with Crippen LogP contribution >= 0.6 is 92.8 Å². The van der Waals surface area contributed by atoms with Gasteiger partial charge in [-0.25, -0.2) is 0 Å². The Bertz CT molecular complexity index is 1020. The molecule has 3 aromatic rings. The van der Waals surface area contributed by atoms with Gasteiger partial charge in [-0.1, -0.05) is 98.9 Å². The predicted molar refractivity (Wildman–Crippen MR) is 128 cm³/mol. The summed E-state index contributed by atoms with van der Waals surface area (Å²) in [5, 5.41) is 0.0642. The number of benzene rings is 3. The van der Waals surface area contributed by atoms with E-state index < -0.39 is 0 Å². The summed E-state index contributed by atoms with van der Waals surface area (Å²) in [7, 11) is 0. The van der Waals surface area contributed by atoms with Gasteiger partial charge >= 0.3 is 0 Å². The van der Waals surface area contributed by atoms with Crippen LogP contribution in [0, 0.1) is 0 Å². The fourth-order valence-corrected chi connectivity index (χ4v) is 4.23. The smallest absolute Gasteiger partial charge is 0.168 e. The summed E-state index contributed by atoms with van der Waals surface area (Å²) in [6.45, 7) is 0. The molecule has 3 aromatic carbocycles. The van der Waals surface area contributed by atoms with Crippen LogP contribution in [-0.2, 0) is 0 Å². The van der Waals surface area contributed by atoms with E-state index in [1.165, 1.54) is 6.07 Å². The first-order valence-electron chi connectivity index (χ1n) is 7.73. The fraction of sp³-hybridized carbons (Fsp3) is 0. The van der Waals surface area contributed by atoms with Crippen LogP contribution in [0.5, 0.6) is 23.0 Å². The van der Waals surface area contributed by atoms with Crippen molar-refractivity contribution in [3.8, 4) is 23.0 Å². The third kappa shape index (κ3) is 4.38. The summed E-state index contributed by atoms with van der Waals surface area (Å²) in [5.41, 5.74) is 11.7. The van der Waals surface area contributed by atoms with Crippen molar-refractivity contribution in [1.82, 2.24) is 0 Å². The fourth-order valence-electron chi connectivity index (χ4n) is 2.27. The van der Waals surface area contributed by atoms with Crippen LogP contribution in [0.1, 0.15) is 0 Å². The van der Waals surface area contributed by atoms with Crippen LogP contribution in [0.4, 0.5) is 11.4 Å². The SMILES string of the molecule is Nc1c(Cl)c(Cl)c(Cl)c(Oc2cccc(Oc3c(Cl)c(N)c(Cl)c(Cl)c3Cl)c2)c1Cl. The highest BCUT2D eigenvalue weighted by Crippen LogP contribution is 2.50. The van der Waals surface area contributed by atoms with Gasteiger partial charge in [-0.3, -0.25) is 0 Å². The van der Waals surface area contributed by atoms with Gasteiger partial charge in [0.2, 0.25) is 0 Å². The van der Waals surface area contributed by atoms with Gasteiger partial charge in [0.05, 0.1) is 31.5 Å². The molecule has 12 heteroatoms. The lowest BCUT2D eigenvalue weighted by Crippen LogP contribution is -1.96. The van der Waals surface area contributed by atoms with E-state index in [-0.39, 0.29) is 74.6 Å². The Morgan fingerprint density at radius 3 is 1.23 bits per heavy atom. The van der Waals surface area contributed by atoms with Crippen molar-refractivity contribution in [1.29, 1.82) is 0 Å². The van der Waals surface area contributed by atoms with E-state index in [1.807, 2.05) is 0 Å². The zero-order valence-corrected chi connectivity index (χ0v) is 20.4. The minimum atomic E-state index is -0.00414. The lowest BCUT2D eigenvalue weighted by atomic mass is 10.2. The number of nitrogens with two attached hydrogens (primary N) is 2. The molecule has 0 aromatic heterocycles. The summed E-state index contributed by atoms with van der Waals surface area (Å²) in [4.78, 5) is 0. The predicted octanol–water partition coefficient (Wildman–Crippen LogP) is 9.66. The van der Waals surface area contributed by atoms with Gasteiger partial charge in [-0.2, -0.15) is 0 Å². The summed E-state index contributed by atoms with van der Waals surface area (Å²) in [5.74, 6) is 0.623. The van der Waals surface area contributed by atoms with Crippen molar-refractivity contribution in [2.24, 2.45) is 0 Å². The van der Waals surface area contributed by atoms with Crippen LogP contribution in [0.3, 0.4) is 0 Å². The molecule has 0 saturated carbocycles. The molecule has 0 heterocycles. The second-order valence-corrected chi connectivity index (χ2v) is 8.70. The molecule has 0 amide bonds. The quantitative estimate of drug-likeness (QED) is 0.187. The molecule has 0 spiro atoms. The zero-order chi connectivity index (χ0) is 22.3. The van der Waals surface area contributed by atoms with E-state index in [2.05, 4.69) is 0 Å². The van der Waals surface area contributed by atoms with Crippen LogP contribution in [0.15, 0.2) is 24.3 Å². The molecule has 0 radical (unpaired) electrons. The topological polar surface area (TPSA) is 70.5 Å². The van der Waals surface area contributed by atoms with Gasteiger partial charge in [0.25, 0.3) is 0 Å². The minimum absolute atomic E-state index is 0.00377. The van der Waals surface area contributed by atoms with E-state index in [1.54, 1.807) is 18.2 Å². The van der Waals surface area contributed by atoms with Crippen molar-refractivity contribution in [3.63, 3.8) is 0 Å². The molecule has 0 aliphatic carbocycles. The summed E-state index contributed by atoms with van der Waals surface area (Å²) < 4.78 is 11.5. The monoisotopic (exact) mass is 564 g/mol. The average molecular weight is 568 g/mol. The number of halogens is 8. The van der Waals surface area contributed by atoms with Crippen molar-refractivity contribution < 1.29 is 9.47 Å². The van der Waals surface area contributed by atoms with Gasteiger partial charge in [-0.15, -0.1) is 0 Å². The largest absolute Gasteiger partial charge is 0.454 e. The first kappa shape index (κ1) is 23.8. The summed E-state index contributed by atoms with van der Waals surface area (Å²) in [6.07, 6.45) is 0. The Kier molecular flexibility index (Phi) is 7.43. The van der Waals surface area contributed by atoms with Crippen molar-refractivity contribution in [2.45, 2.75) is 0 Å². The Morgan fingerprint density at radius 1 is 0.500 bits per heavy atom. The maximum Gasteiger partial charge on any atom is 0.168 e. The van der Waals surface area contributed by atoms with Crippen molar-refractivity contribution in [2.75, 3.05) is 11.5 Å². The molecule has 0 aliphatic heterocycles. The number of ether oxygens (including phenoxy) is 2. The molecule has 30 heavy (non-hydrogen) atoms. The molecule has 0 fully saturated rings. The highest BCUT2D eigenvalue weighted by Gasteiger charge is 2.22. The molecule has 4 nitrogen and oxygen atoms in total. The molecule has 4 N–H and O–H groups in total. The molecule has 0 aliphatic rings. The van der Waals surface area contributed by atoms with E-state index in [0.717, 1.165) is 0 Å². The normalized spacial score (nSPS) is 10.9. The number of nitrogen functional groups attached to an aromatic ring is 2. The van der Waals surface area contributed by atoms with E-state index in [9.17, 15) is 0 Å². The Morgan fingerprint density at radius 2 is 0.867 bits per heavy atom. The lowest BCUT2D eigenvalue weighted by molar-refractivity contribution is 0.461. The molecule has 158 valence electrons. The summed E-state index contributed by atoms with van der Waals surface area (Å²) >= 11 is 48.9. The second kappa shape index (κ2) is 9.35. The first-order chi connectivity index (χ1) is 14.0. The number of rotatable bonds is 4. The van der Waals surface area contributed by atoms with Gasteiger partial charge in [0.1, 0.15) is 31.6 Å². The molecule has 0 unspecified atom stereocenters. The molecule has 0 saturated heterocycles. The van der Waals surface area contributed by atoms with E-state index in [0.29, 0.717) is 0 Å². The third-order valence-corrected chi connectivity index (χ3v) is 7.16. The van der Waals surface area contributed by atoms with Crippen molar-refractivity contribution >= 4 is 104 Å². The Hall–Kier alpha value is -0.820. The summed E-state index contributed by atoms with van der Waals surface area (Å²) in [6, 6.07) is 6.38. The van der Waals surface area contributed by atoms with Crippen LogP contribution in [0.25, 0.3) is 0 Å². The molecular weight excluding hydrogens is 560 g/mol. The molecule has 0 bridgehead atoms. The second-order valence-electron chi connectivity index (χ2n) is 5.68. The average Bonchev–Trinajstić information content (AvgIpc) is 2.74.